The quantitative estimate of drug-likeness (QED) is 0.744. The van der Waals surface area contributed by atoms with E-state index in [1.165, 1.54) is 4.44 Å². The average Bonchev–Trinajstić information content (AvgIpc) is 2.36. The minimum atomic E-state index is -1.34. The molecule has 0 aliphatic carbocycles. The molecule has 0 fully saturated rings. The Kier molecular flexibility index (Phi) is 8.41. The minimum absolute atomic E-state index is 0. The zero-order chi connectivity index (χ0) is 13.8. The molecule has 0 radical (unpaired) electrons. The molecule has 0 bridgehead atoms. The molecule has 2 nitrogen and oxygen atoms in total. The average molecular weight is 394 g/mol. The summed E-state index contributed by atoms with van der Waals surface area (Å²) in [6.45, 7) is 4.23. The van der Waals surface area contributed by atoms with Crippen molar-refractivity contribution in [2.45, 2.75) is 40.2 Å². The van der Waals surface area contributed by atoms with Crippen molar-refractivity contribution in [2.24, 2.45) is 5.92 Å². The Morgan fingerprint density at radius 1 is 1.32 bits per heavy atom. The van der Waals surface area contributed by atoms with Gasteiger partial charge in [0.1, 0.15) is 0 Å². The summed E-state index contributed by atoms with van der Waals surface area (Å²) in [5.41, 5.74) is 0.183. The predicted octanol–water partition coefficient (Wildman–Crippen LogP) is 3.84. The molecule has 0 aliphatic rings. The van der Waals surface area contributed by atoms with Crippen molar-refractivity contribution in [1.82, 2.24) is 0 Å². The molecule has 0 saturated carbocycles. The van der Waals surface area contributed by atoms with Crippen LogP contribution in [0.4, 0.5) is 0 Å². The second kappa shape index (κ2) is 8.38. The van der Waals surface area contributed by atoms with E-state index in [-0.39, 0.29) is 12.4 Å². The number of aliphatic hydroxyl groups is 1. The summed E-state index contributed by atoms with van der Waals surface area (Å²) in [6, 6.07) is 7.85. The fraction of sp³-hybridized carbons (Fsp3) is 0.600. The van der Waals surface area contributed by atoms with Gasteiger partial charge < -0.3 is 0 Å². The van der Waals surface area contributed by atoms with E-state index in [0.717, 1.165) is 17.7 Å². The zero-order valence-electron chi connectivity index (χ0n) is 12.6. The maximum atomic E-state index is 11.1. The summed E-state index contributed by atoms with van der Waals surface area (Å²) < 4.78 is 6.62. The summed E-state index contributed by atoms with van der Waals surface area (Å²) in [5.74, 6) is 1.10. The fourth-order valence-electron chi connectivity index (χ4n) is 2.71. The van der Waals surface area contributed by atoms with Crippen LogP contribution in [-0.4, -0.2) is 32.0 Å². The topological polar surface area (TPSA) is 29.5 Å². The van der Waals surface area contributed by atoms with E-state index >= 15 is 0 Å². The Morgan fingerprint density at radius 3 is 2.37 bits per heavy atom. The van der Waals surface area contributed by atoms with Gasteiger partial charge in [0.15, 0.2) is 0 Å². The van der Waals surface area contributed by atoms with E-state index in [9.17, 15) is 5.11 Å². The molecule has 1 aromatic carbocycles. The first-order valence-electron chi connectivity index (χ1n) is 6.81. The van der Waals surface area contributed by atoms with Crippen molar-refractivity contribution in [3.63, 3.8) is 0 Å². The van der Waals surface area contributed by atoms with E-state index in [4.69, 9.17) is 4.74 Å². The van der Waals surface area contributed by atoms with Crippen LogP contribution in [0.1, 0.15) is 25.8 Å². The van der Waals surface area contributed by atoms with Crippen LogP contribution in [0.2, 0.25) is 14.3 Å². The van der Waals surface area contributed by atoms with Crippen molar-refractivity contribution in [3.8, 4) is 5.75 Å². The van der Waals surface area contributed by atoms with Gasteiger partial charge in [-0.3, -0.25) is 0 Å². The van der Waals surface area contributed by atoms with E-state index in [1.807, 2.05) is 24.3 Å². The largest absolute Gasteiger partial charge is 0.147 e. The first-order chi connectivity index (χ1) is 8.45. The van der Waals surface area contributed by atoms with E-state index in [1.54, 1.807) is 7.11 Å². The number of benzene rings is 1. The molecule has 110 valence electrons. The smallest absolute Gasteiger partial charge is 0.147 e. The summed E-state index contributed by atoms with van der Waals surface area (Å²) in [7, 11) is 1.67. The van der Waals surface area contributed by atoms with Crippen LogP contribution in [0.3, 0.4) is 0 Å². The number of methoxy groups -OCH3 is 1. The number of halogens is 1. The summed E-state index contributed by atoms with van der Waals surface area (Å²) in [6.07, 6.45) is 0.729. The van der Waals surface area contributed by atoms with Crippen molar-refractivity contribution >= 4 is 32.2 Å². The normalized spacial score (nSPS) is 15.5. The first kappa shape index (κ1) is 19.1. The van der Waals surface area contributed by atoms with Gasteiger partial charge in [-0.05, 0) is 0 Å². The van der Waals surface area contributed by atoms with Crippen LogP contribution in [0.25, 0.3) is 0 Å². The molecule has 0 saturated heterocycles. The monoisotopic (exact) mass is 394 g/mol. The summed E-state index contributed by atoms with van der Waals surface area (Å²) in [4.78, 5) is 4.80. The molecule has 4 heteroatoms. The SMILES string of the molecule is CCC(O)(c1ccccc1OC)C(C)[CH2][SnH]([CH3])[CH3].Cl. The third-order valence-electron chi connectivity index (χ3n) is 3.75. The second-order valence-electron chi connectivity index (χ2n) is 5.51. The molecule has 0 amide bonds. The molecule has 1 rings (SSSR count). The fourth-order valence-corrected chi connectivity index (χ4v) is 7.86. The van der Waals surface area contributed by atoms with E-state index in [0.29, 0.717) is 5.92 Å². The molecule has 0 aliphatic heterocycles. The number of ether oxygens (including phenoxy) is 1. The maximum absolute atomic E-state index is 11.1. The molecule has 2 unspecified atom stereocenters. The van der Waals surface area contributed by atoms with Gasteiger partial charge in [-0.25, -0.2) is 0 Å². The Morgan fingerprint density at radius 2 is 1.89 bits per heavy atom. The van der Waals surface area contributed by atoms with Gasteiger partial charge in [0.25, 0.3) is 0 Å². The van der Waals surface area contributed by atoms with Gasteiger partial charge in [-0.1, -0.05) is 0 Å². The second-order valence-corrected chi connectivity index (χ2v) is 14.8. The number of para-hydroxylation sites is 1. The Labute approximate surface area is 130 Å². The van der Waals surface area contributed by atoms with Gasteiger partial charge in [-0.2, -0.15) is 0 Å². The van der Waals surface area contributed by atoms with Crippen LogP contribution in [0.5, 0.6) is 5.75 Å². The molecule has 0 aromatic heterocycles. The van der Waals surface area contributed by atoms with Gasteiger partial charge >= 0.3 is 118 Å². The Bertz CT molecular complexity index is 384. The summed E-state index contributed by atoms with van der Waals surface area (Å²) in [5, 5.41) is 11.1. The molecular formula is C15H27ClO2Sn. The van der Waals surface area contributed by atoms with E-state index < -0.39 is 25.4 Å². The van der Waals surface area contributed by atoms with Gasteiger partial charge in [0, 0.05) is 0 Å². The number of hydrogen-bond donors (Lipinski definition) is 1. The van der Waals surface area contributed by atoms with Crippen molar-refractivity contribution in [3.05, 3.63) is 29.8 Å². The minimum Gasteiger partial charge on any atom is -0.147 e. The van der Waals surface area contributed by atoms with Crippen molar-refractivity contribution in [2.75, 3.05) is 7.11 Å². The maximum Gasteiger partial charge on any atom is -0.147 e. The van der Waals surface area contributed by atoms with Gasteiger partial charge in [0.2, 0.25) is 0 Å². The molecule has 0 heterocycles. The summed E-state index contributed by atoms with van der Waals surface area (Å²) >= 11 is -1.34. The standard InChI is InChI=1S/C13H19O2.2CH3.ClH.Sn.H/c1-5-13(14,10(2)3)11-8-6-7-9-12(11)15-4;;;;;/h6-10,14H,2,5H2,1,3-4H3;2*1H3;1H;;. The molecule has 0 spiro atoms. The predicted molar refractivity (Wildman–Crippen MR) is 87.3 cm³/mol. The third-order valence-corrected chi connectivity index (χ3v) is 8.46. The Balaban J connectivity index is 0.00000324. The van der Waals surface area contributed by atoms with Crippen LogP contribution >= 0.6 is 12.4 Å². The van der Waals surface area contributed by atoms with Gasteiger partial charge in [-0.15, -0.1) is 12.4 Å². The molecule has 1 N–H and O–H groups in total. The van der Waals surface area contributed by atoms with Crippen molar-refractivity contribution in [1.29, 1.82) is 0 Å². The number of hydrogen-bond acceptors (Lipinski definition) is 2. The Hall–Kier alpha value is 0.0687. The number of rotatable bonds is 6. The van der Waals surface area contributed by atoms with Crippen LogP contribution < -0.4 is 4.74 Å². The first-order valence-corrected chi connectivity index (χ1v) is 15.7. The van der Waals surface area contributed by atoms with Crippen LogP contribution in [0.15, 0.2) is 24.3 Å². The van der Waals surface area contributed by atoms with Gasteiger partial charge in [0.05, 0.1) is 0 Å². The molecule has 19 heavy (non-hydrogen) atoms. The third kappa shape index (κ3) is 4.54. The molecule has 2 atom stereocenters. The zero-order valence-corrected chi connectivity index (χ0v) is 16.8. The molecular weight excluding hydrogens is 366 g/mol. The van der Waals surface area contributed by atoms with E-state index in [2.05, 4.69) is 23.7 Å². The van der Waals surface area contributed by atoms with Crippen molar-refractivity contribution < 1.29 is 9.84 Å². The van der Waals surface area contributed by atoms with Crippen LogP contribution in [0, 0.1) is 5.92 Å². The van der Waals surface area contributed by atoms with Crippen LogP contribution in [-0.2, 0) is 5.60 Å². The molecule has 1 aromatic rings.